The molecule has 0 atom stereocenters. The van der Waals surface area contributed by atoms with Crippen molar-refractivity contribution >= 4 is 23.3 Å². The molecule has 0 saturated carbocycles. The Morgan fingerprint density at radius 2 is 1.52 bits per heavy atom. The minimum absolute atomic E-state index is 0.213. The van der Waals surface area contributed by atoms with Gasteiger partial charge < -0.3 is 9.64 Å². The van der Waals surface area contributed by atoms with Crippen molar-refractivity contribution in [2.45, 2.75) is 32.6 Å². The van der Waals surface area contributed by atoms with Crippen molar-refractivity contribution in [2.24, 2.45) is 0 Å². The average molecular weight is 436 g/mol. The van der Waals surface area contributed by atoms with Gasteiger partial charge in [-0.05, 0) is 85.2 Å². The number of anilines is 1. The molecule has 0 fully saturated rings. The molecular formula is C29H25NO3. The van der Waals surface area contributed by atoms with Crippen LogP contribution in [0.1, 0.15) is 57.2 Å². The van der Waals surface area contributed by atoms with Gasteiger partial charge in [-0.1, -0.05) is 30.3 Å². The van der Waals surface area contributed by atoms with Crippen molar-refractivity contribution in [3.63, 3.8) is 0 Å². The summed E-state index contributed by atoms with van der Waals surface area (Å²) >= 11 is 0. The second-order valence-electron chi connectivity index (χ2n) is 9.15. The second-order valence-corrected chi connectivity index (χ2v) is 9.15. The summed E-state index contributed by atoms with van der Waals surface area (Å²) in [6, 6.07) is 11.6. The Morgan fingerprint density at radius 1 is 0.879 bits per heavy atom. The van der Waals surface area contributed by atoms with Crippen LogP contribution in [-0.4, -0.2) is 24.7 Å². The number of rotatable bonds is 2. The Kier molecular flexibility index (Phi) is 4.68. The molecular weight excluding hydrogens is 410 g/mol. The maximum Gasteiger partial charge on any atom is 0.198 e. The van der Waals surface area contributed by atoms with Gasteiger partial charge in [0.2, 0.25) is 0 Å². The van der Waals surface area contributed by atoms with Crippen molar-refractivity contribution in [1.29, 1.82) is 0 Å². The molecule has 3 heterocycles. The third kappa shape index (κ3) is 3.37. The highest BCUT2D eigenvalue weighted by Crippen LogP contribution is 2.37. The Hall–Kier alpha value is -3.66. The first-order chi connectivity index (χ1) is 16.1. The zero-order valence-corrected chi connectivity index (χ0v) is 18.7. The van der Waals surface area contributed by atoms with Gasteiger partial charge in [0.15, 0.2) is 11.6 Å². The van der Waals surface area contributed by atoms with E-state index >= 15 is 0 Å². The van der Waals surface area contributed by atoms with E-state index in [1.165, 1.54) is 48.3 Å². The van der Waals surface area contributed by atoms with E-state index in [0.717, 1.165) is 12.8 Å². The lowest BCUT2D eigenvalue weighted by Crippen LogP contribution is -2.34. The number of carbonyl (C=O) groups is 2. The smallest absolute Gasteiger partial charge is 0.198 e. The number of carbonyl (C=O) groups excluding carboxylic acids is 2. The maximum atomic E-state index is 12.9. The minimum atomic E-state index is -0.213. The number of hydrogen-bond acceptors (Lipinski definition) is 4. The third-order valence-electron chi connectivity index (χ3n) is 6.89. The number of benzene rings is 2. The Morgan fingerprint density at radius 3 is 2.15 bits per heavy atom. The van der Waals surface area contributed by atoms with Crippen LogP contribution in [0.4, 0.5) is 5.69 Å². The van der Waals surface area contributed by atoms with E-state index in [4.69, 9.17) is 4.74 Å². The predicted octanol–water partition coefficient (Wildman–Crippen LogP) is 5.59. The van der Waals surface area contributed by atoms with Crippen molar-refractivity contribution in [2.75, 3.05) is 18.0 Å². The van der Waals surface area contributed by atoms with E-state index in [2.05, 4.69) is 23.1 Å². The zero-order valence-electron chi connectivity index (χ0n) is 18.7. The summed E-state index contributed by atoms with van der Waals surface area (Å²) in [5.74, 6) is 0.860. The van der Waals surface area contributed by atoms with Crippen molar-refractivity contribution in [1.82, 2.24) is 0 Å². The van der Waals surface area contributed by atoms with Gasteiger partial charge in [0.25, 0.3) is 0 Å². The molecule has 2 aromatic carbocycles. The molecule has 0 radical (unpaired) electrons. The van der Waals surface area contributed by atoms with Gasteiger partial charge in [-0.3, -0.25) is 9.59 Å². The van der Waals surface area contributed by atoms with Gasteiger partial charge in [-0.2, -0.15) is 0 Å². The number of aryl methyl sites for hydroxylation is 2. The highest BCUT2D eigenvalue weighted by molar-refractivity contribution is 6.40. The molecule has 2 aromatic rings. The number of Topliss-reactive ketones (excluding diaryl/α,β-unsaturated/α-hetero) is 2. The van der Waals surface area contributed by atoms with Crippen molar-refractivity contribution < 1.29 is 14.3 Å². The number of ketones is 2. The molecule has 3 aliphatic heterocycles. The summed E-state index contributed by atoms with van der Waals surface area (Å²) < 4.78 is 5.91. The first-order valence-electron chi connectivity index (χ1n) is 11.7. The molecule has 0 amide bonds. The van der Waals surface area contributed by atoms with Crippen LogP contribution in [0.15, 0.2) is 77.3 Å². The van der Waals surface area contributed by atoms with E-state index in [9.17, 15) is 9.59 Å². The fraction of sp³-hybridized carbons (Fsp3) is 0.241. The van der Waals surface area contributed by atoms with Crippen LogP contribution in [0.3, 0.4) is 0 Å². The molecule has 6 rings (SSSR count). The summed E-state index contributed by atoms with van der Waals surface area (Å²) in [7, 11) is 0. The fourth-order valence-electron chi connectivity index (χ4n) is 5.50. The summed E-state index contributed by atoms with van der Waals surface area (Å²) in [6.07, 6.45) is 12.2. The van der Waals surface area contributed by atoms with Crippen LogP contribution in [0.25, 0.3) is 6.08 Å². The maximum absolute atomic E-state index is 12.9. The van der Waals surface area contributed by atoms with Crippen LogP contribution in [0.2, 0.25) is 0 Å². The number of ether oxygens (including phenoxy) is 1. The van der Waals surface area contributed by atoms with Gasteiger partial charge in [-0.15, -0.1) is 0 Å². The lowest BCUT2D eigenvalue weighted by atomic mass is 9.90. The molecule has 0 aromatic heterocycles. The standard InChI is InChI=1S/C29H25NO3/c1-18-14-22(26-28(31)24-8-2-3-9-25(24)29(26)32)17-23(33-18)11-10-19-15-20-6-4-12-30-13-5-7-21(16-19)27(20)30/h2-3,8-11,14-17H,4-7,12-13H2,1H3. The number of nitrogens with zero attached hydrogens (tertiary/aromatic N) is 1. The number of hydrogen-bond donors (Lipinski definition) is 0. The molecule has 33 heavy (non-hydrogen) atoms. The molecule has 4 nitrogen and oxygen atoms in total. The molecule has 0 N–H and O–H groups in total. The lowest BCUT2D eigenvalue weighted by molar-refractivity contribution is 0.0988. The summed E-state index contributed by atoms with van der Waals surface area (Å²) in [4.78, 5) is 28.4. The van der Waals surface area contributed by atoms with Gasteiger partial charge in [0, 0.05) is 29.9 Å². The van der Waals surface area contributed by atoms with Crippen LogP contribution >= 0.6 is 0 Å². The summed E-state index contributed by atoms with van der Waals surface area (Å²) in [5.41, 5.74) is 7.30. The van der Waals surface area contributed by atoms with E-state index in [1.807, 2.05) is 13.0 Å². The topological polar surface area (TPSA) is 46.6 Å². The molecule has 1 aliphatic carbocycles. The zero-order chi connectivity index (χ0) is 22.5. The number of allylic oxidation sites excluding steroid dienone is 6. The summed E-state index contributed by atoms with van der Waals surface area (Å²) in [6.45, 7) is 4.18. The van der Waals surface area contributed by atoms with Gasteiger partial charge in [-0.25, -0.2) is 0 Å². The molecule has 0 spiro atoms. The molecule has 4 aliphatic rings. The van der Waals surface area contributed by atoms with E-state index < -0.39 is 0 Å². The fourth-order valence-corrected chi connectivity index (χ4v) is 5.50. The molecule has 0 saturated heterocycles. The molecule has 164 valence electrons. The Bertz CT molecular complexity index is 1270. The van der Waals surface area contributed by atoms with E-state index in [-0.39, 0.29) is 17.1 Å². The monoisotopic (exact) mass is 435 g/mol. The van der Waals surface area contributed by atoms with E-state index in [0.29, 0.717) is 28.2 Å². The van der Waals surface area contributed by atoms with Crippen LogP contribution in [0, 0.1) is 0 Å². The normalized spacial score (nSPS) is 19.4. The average Bonchev–Trinajstić information content (AvgIpc) is 3.08. The molecule has 0 unspecified atom stereocenters. The third-order valence-corrected chi connectivity index (χ3v) is 6.89. The highest BCUT2D eigenvalue weighted by atomic mass is 16.5. The SMILES string of the molecule is CC1=CC(=C2C(=O)c3ccccc3C2=O)C=C(C=Cc2cc3c4c(c2)CCCN4CCC3)O1. The minimum Gasteiger partial charge on any atom is -0.462 e. The molecule has 0 bridgehead atoms. The predicted molar refractivity (Wildman–Crippen MR) is 129 cm³/mol. The van der Waals surface area contributed by atoms with Crippen molar-refractivity contribution in [3.05, 3.63) is 105 Å². The van der Waals surface area contributed by atoms with Crippen LogP contribution < -0.4 is 4.90 Å². The number of fused-ring (bicyclic) bond motifs is 1. The van der Waals surface area contributed by atoms with Crippen LogP contribution in [0.5, 0.6) is 0 Å². The Labute approximate surface area is 193 Å². The summed E-state index contributed by atoms with van der Waals surface area (Å²) in [5, 5.41) is 0. The first-order valence-corrected chi connectivity index (χ1v) is 11.7. The van der Waals surface area contributed by atoms with Crippen molar-refractivity contribution in [3.8, 4) is 0 Å². The van der Waals surface area contributed by atoms with Crippen LogP contribution in [-0.2, 0) is 17.6 Å². The quantitative estimate of drug-likeness (QED) is 0.456. The van der Waals surface area contributed by atoms with E-state index in [1.54, 1.807) is 36.4 Å². The largest absolute Gasteiger partial charge is 0.462 e. The van der Waals surface area contributed by atoms with Gasteiger partial charge in [0.05, 0.1) is 5.57 Å². The van der Waals surface area contributed by atoms with Gasteiger partial charge in [0.1, 0.15) is 11.5 Å². The second kappa shape index (κ2) is 7.73. The molecule has 4 heteroatoms. The first kappa shape index (κ1) is 20.0. The van der Waals surface area contributed by atoms with Gasteiger partial charge >= 0.3 is 0 Å². The Balaban J connectivity index is 1.35. The lowest BCUT2D eigenvalue weighted by Gasteiger charge is -2.37. The highest BCUT2D eigenvalue weighted by Gasteiger charge is 2.35.